The summed E-state index contributed by atoms with van der Waals surface area (Å²) in [5.41, 5.74) is 2.62. The number of hydrogen-bond donors (Lipinski definition) is 1. The minimum Gasteiger partial charge on any atom is -0.493 e. The quantitative estimate of drug-likeness (QED) is 0.385. The molecule has 5 rings (SSSR count). The van der Waals surface area contributed by atoms with Crippen LogP contribution in [0.3, 0.4) is 0 Å². The summed E-state index contributed by atoms with van der Waals surface area (Å²) in [6, 6.07) is 12.7. The molecule has 2 amide bonds. The molecular formula is C31H40N6O4. The normalized spacial score (nSPS) is 16.8. The lowest BCUT2D eigenvalue weighted by Gasteiger charge is -2.40. The fourth-order valence-corrected chi connectivity index (χ4v) is 6.06. The number of aryl methyl sites for hydroxylation is 1. The van der Waals surface area contributed by atoms with Crippen LogP contribution in [0.2, 0.25) is 0 Å². The first-order chi connectivity index (χ1) is 20.0. The van der Waals surface area contributed by atoms with Gasteiger partial charge in [-0.25, -0.2) is 0 Å². The number of methoxy groups -OCH3 is 2. The van der Waals surface area contributed by atoms with Crippen molar-refractivity contribution < 1.29 is 19.1 Å². The molecule has 1 aromatic heterocycles. The molecule has 2 aliphatic carbocycles. The van der Waals surface area contributed by atoms with Crippen LogP contribution in [-0.2, 0) is 16.1 Å². The second kappa shape index (κ2) is 13.1. The largest absolute Gasteiger partial charge is 0.493 e. The van der Waals surface area contributed by atoms with Crippen molar-refractivity contribution in [1.82, 2.24) is 30.4 Å². The van der Waals surface area contributed by atoms with Gasteiger partial charge in [-0.15, -0.1) is 10.2 Å². The van der Waals surface area contributed by atoms with Crippen LogP contribution in [0.5, 0.6) is 11.5 Å². The predicted molar refractivity (Wildman–Crippen MR) is 154 cm³/mol. The van der Waals surface area contributed by atoms with Gasteiger partial charge in [-0.1, -0.05) is 61.9 Å². The lowest BCUT2D eigenvalue weighted by Crippen LogP contribution is -2.51. The van der Waals surface area contributed by atoms with Gasteiger partial charge in [0.2, 0.25) is 17.6 Å². The van der Waals surface area contributed by atoms with Gasteiger partial charge in [0.15, 0.2) is 11.5 Å². The zero-order valence-corrected chi connectivity index (χ0v) is 24.2. The summed E-state index contributed by atoms with van der Waals surface area (Å²) in [5.74, 6) is 1.21. The van der Waals surface area contributed by atoms with Gasteiger partial charge in [0, 0.05) is 17.6 Å². The Morgan fingerprint density at radius 1 is 0.951 bits per heavy atom. The van der Waals surface area contributed by atoms with Crippen molar-refractivity contribution in [2.24, 2.45) is 0 Å². The van der Waals surface area contributed by atoms with Crippen LogP contribution in [0.4, 0.5) is 0 Å². The van der Waals surface area contributed by atoms with Crippen molar-refractivity contribution in [2.45, 2.75) is 89.4 Å². The maximum absolute atomic E-state index is 14.1. The Labute approximate surface area is 241 Å². The molecule has 2 aromatic carbocycles. The number of hydrogen-bond acceptors (Lipinski definition) is 7. The Kier molecular flexibility index (Phi) is 9.16. The number of carbonyl (C=O) groups is 2. The van der Waals surface area contributed by atoms with Crippen molar-refractivity contribution in [3.05, 3.63) is 53.6 Å². The molecule has 0 spiro atoms. The second-order valence-corrected chi connectivity index (χ2v) is 11.1. The predicted octanol–water partition coefficient (Wildman–Crippen LogP) is 4.63. The number of carbonyl (C=O) groups excluding carboxylic acids is 2. The summed E-state index contributed by atoms with van der Waals surface area (Å²) < 4.78 is 10.7. The highest BCUT2D eigenvalue weighted by molar-refractivity contribution is 5.89. The molecule has 10 nitrogen and oxygen atoms in total. The molecule has 2 aliphatic rings. The monoisotopic (exact) mass is 560 g/mol. The Hall–Kier alpha value is -3.95. The lowest BCUT2D eigenvalue weighted by molar-refractivity contribution is -0.145. The fourth-order valence-electron chi connectivity index (χ4n) is 6.06. The summed E-state index contributed by atoms with van der Waals surface area (Å²) in [4.78, 5) is 31.2. The molecule has 1 unspecified atom stereocenters. The molecule has 218 valence electrons. The first kappa shape index (κ1) is 28.6. The third kappa shape index (κ3) is 6.69. The number of ether oxygens (including phenoxy) is 2. The number of tetrazole rings is 1. The van der Waals surface area contributed by atoms with E-state index in [2.05, 4.69) is 20.7 Å². The van der Waals surface area contributed by atoms with E-state index in [-0.39, 0.29) is 30.4 Å². The van der Waals surface area contributed by atoms with E-state index in [0.29, 0.717) is 22.9 Å². The summed E-state index contributed by atoms with van der Waals surface area (Å²) in [6.07, 6.45) is 9.13. The van der Waals surface area contributed by atoms with Crippen molar-refractivity contribution in [1.29, 1.82) is 0 Å². The molecule has 0 radical (unpaired) electrons. The third-order valence-corrected chi connectivity index (χ3v) is 8.25. The molecule has 0 saturated heterocycles. The zero-order valence-electron chi connectivity index (χ0n) is 24.2. The van der Waals surface area contributed by atoms with Crippen LogP contribution in [0.25, 0.3) is 11.4 Å². The highest BCUT2D eigenvalue weighted by Crippen LogP contribution is 2.33. The fraction of sp³-hybridized carbons (Fsp3) is 0.516. The zero-order chi connectivity index (χ0) is 28.8. The van der Waals surface area contributed by atoms with Gasteiger partial charge in [0.1, 0.15) is 12.6 Å². The van der Waals surface area contributed by atoms with E-state index in [1.165, 1.54) is 4.80 Å². The number of nitrogens with zero attached hydrogens (tertiary/aromatic N) is 5. The lowest BCUT2D eigenvalue weighted by atomic mass is 9.91. The van der Waals surface area contributed by atoms with E-state index in [9.17, 15) is 9.59 Å². The molecule has 2 saturated carbocycles. The Morgan fingerprint density at radius 2 is 1.63 bits per heavy atom. The first-order valence-electron chi connectivity index (χ1n) is 14.6. The minimum absolute atomic E-state index is 0.0364. The molecule has 0 bridgehead atoms. The number of amides is 2. The average Bonchev–Trinajstić information content (AvgIpc) is 3.69. The Bertz CT molecular complexity index is 1330. The van der Waals surface area contributed by atoms with Gasteiger partial charge >= 0.3 is 0 Å². The minimum atomic E-state index is -0.722. The van der Waals surface area contributed by atoms with Crippen LogP contribution >= 0.6 is 0 Å². The molecule has 41 heavy (non-hydrogen) atoms. The average molecular weight is 561 g/mol. The third-order valence-electron chi connectivity index (χ3n) is 8.25. The number of nitrogens with one attached hydrogen (secondary N) is 1. The highest BCUT2D eigenvalue weighted by Gasteiger charge is 2.38. The van der Waals surface area contributed by atoms with E-state index in [4.69, 9.17) is 9.47 Å². The summed E-state index contributed by atoms with van der Waals surface area (Å²) in [6.45, 7) is 1.91. The van der Waals surface area contributed by atoms with Crippen molar-refractivity contribution in [3.63, 3.8) is 0 Å². The van der Waals surface area contributed by atoms with Gasteiger partial charge in [-0.3, -0.25) is 9.59 Å². The molecule has 1 atom stereocenters. The second-order valence-electron chi connectivity index (χ2n) is 11.1. The summed E-state index contributed by atoms with van der Waals surface area (Å²) >= 11 is 0. The van der Waals surface area contributed by atoms with Crippen LogP contribution in [-0.4, -0.2) is 63.2 Å². The molecule has 10 heteroatoms. The smallest absolute Gasteiger partial charge is 0.247 e. The van der Waals surface area contributed by atoms with E-state index >= 15 is 0 Å². The van der Waals surface area contributed by atoms with E-state index in [0.717, 1.165) is 68.9 Å². The van der Waals surface area contributed by atoms with Gasteiger partial charge in [-0.2, -0.15) is 4.80 Å². The van der Waals surface area contributed by atoms with Crippen LogP contribution in [0.1, 0.15) is 75.0 Å². The molecule has 1 N–H and O–H groups in total. The van der Waals surface area contributed by atoms with Crippen LogP contribution < -0.4 is 14.8 Å². The maximum Gasteiger partial charge on any atom is 0.247 e. The van der Waals surface area contributed by atoms with E-state index in [1.807, 2.05) is 42.2 Å². The highest BCUT2D eigenvalue weighted by atomic mass is 16.5. The molecule has 3 aromatic rings. The Morgan fingerprint density at radius 3 is 2.32 bits per heavy atom. The summed E-state index contributed by atoms with van der Waals surface area (Å²) in [7, 11) is 3.14. The van der Waals surface area contributed by atoms with Gasteiger partial charge in [-0.05, 0) is 61.6 Å². The summed E-state index contributed by atoms with van der Waals surface area (Å²) in [5, 5.41) is 16.2. The van der Waals surface area contributed by atoms with Crippen molar-refractivity contribution in [3.8, 4) is 22.9 Å². The van der Waals surface area contributed by atoms with Crippen molar-refractivity contribution >= 4 is 11.8 Å². The number of rotatable bonds is 10. The SMILES string of the molecule is COc1ccc(-c2nnn(CC(=O)N(C3CCCCC3)C(C(=O)NC3CCCC3)c3ccc(C)cc3)n2)cc1OC. The topological polar surface area (TPSA) is 111 Å². The molecule has 2 fully saturated rings. The molecule has 0 aliphatic heterocycles. The van der Waals surface area contributed by atoms with Gasteiger partial charge < -0.3 is 19.7 Å². The van der Waals surface area contributed by atoms with Gasteiger partial charge in [0.25, 0.3) is 0 Å². The van der Waals surface area contributed by atoms with Crippen LogP contribution in [0, 0.1) is 6.92 Å². The number of aromatic nitrogens is 4. The van der Waals surface area contributed by atoms with Crippen LogP contribution in [0.15, 0.2) is 42.5 Å². The van der Waals surface area contributed by atoms with Gasteiger partial charge in [0.05, 0.1) is 14.2 Å². The Balaban J connectivity index is 1.44. The van der Waals surface area contributed by atoms with E-state index < -0.39 is 6.04 Å². The first-order valence-corrected chi connectivity index (χ1v) is 14.6. The maximum atomic E-state index is 14.1. The number of benzene rings is 2. The van der Waals surface area contributed by atoms with E-state index in [1.54, 1.807) is 26.4 Å². The van der Waals surface area contributed by atoms with Crippen molar-refractivity contribution in [2.75, 3.05) is 14.2 Å². The molecular weight excluding hydrogens is 520 g/mol. The molecule has 1 heterocycles. The standard InChI is InChI=1S/C31H40N6O4/c1-21-13-15-22(16-14-21)29(31(39)32-24-9-7-8-10-24)37(25-11-5-4-6-12-25)28(38)20-36-34-30(33-35-36)23-17-18-26(40-2)27(19-23)41-3/h13-19,24-25,29H,4-12,20H2,1-3H3,(H,32,39).